The lowest BCUT2D eigenvalue weighted by Gasteiger charge is -2.26. The number of likely N-dealkylation sites (N-methyl/N-ethyl adjacent to an activating group) is 1. The van der Waals surface area contributed by atoms with Crippen LogP contribution >= 0.6 is 0 Å². The van der Waals surface area contributed by atoms with Crippen LogP contribution in [0.25, 0.3) is 0 Å². The summed E-state index contributed by atoms with van der Waals surface area (Å²) < 4.78 is 1.81. The van der Waals surface area contributed by atoms with Crippen molar-refractivity contribution >= 4 is 5.91 Å². The summed E-state index contributed by atoms with van der Waals surface area (Å²) in [6.07, 6.45) is 0.615. The van der Waals surface area contributed by atoms with Crippen LogP contribution in [-0.2, 0) is 6.54 Å². The van der Waals surface area contributed by atoms with Gasteiger partial charge in [-0.2, -0.15) is 5.10 Å². The summed E-state index contributed by atoms with van der Waals surface area (Å²) in [5.41, 5.74) is 0.652. The summed E-state index contributed by atoms with van der Waals surface area (Å²) in [4.78, 5) is 16.1. The van der Waals surface area contributed by atoms with E-state index in [1.807, 2.05) is 43.6 Å². The monoisotopic (exact) mass is 280 g/mol. The predicted octanol–water partition coefficient (Wildman–Crippen LogP) is 0.350. The predicted molar refractivity (Wildman–Crippen MR) is 76.7 cm³/mol. The lowest BCUT2D eigenvalue weighted by Crippen LogP contribution is -2.43. The maximum absolute atomic E-state index is 12.4. The van der Waals surface area contributed by atoms with Crippen LogP contribution in [-0.4, -0.2) is 69.9 Å². The first kappa shape index (κ1) is 15.0. The van der Waals surface area contributed by atoms with Crippen LogP contribution in [0.4, 0.5) is 0 Å². The van der Waals surface area contributed by atoms with Gasteiger partial charge in [0, 0.05) is 25.3 Å². The van der Waals surface area contributed by atoms with E-state index in [-0.39, 0.29) is 5.91 Å². The molecule has 0 aromatic carbocycles. The smallest absolute Gasteiger partial charge is 0.274 e. The van der Waals surface area contributed by atoms with Gasteiger partial charge in [-0.3, -0.25) is 9.48 Å². The molecule has 0 bridgehead atoms. The van der Waals surface area contributed by atoms with E-state index in [1.54, 1.807) is 4.90 Å². The molecule has 20 heavy (non-hydrogen) atoms. The summed E-state index contributed by atoms with van der Waals surface area (Å²) in [7, 11) is 3.85. The molecular formula is C14H24N4O2. The van der Waals surface area contributed by atoms with Crippen molar-refractivity contribution in [1.82, 2.24) is 19.6 Å². The third-order valence-corrected chi connectivity index (χ3v) is 3.73. The second-order valence-electron chi connectivity index (χ2n) is 5.93. The van der Waals surface area contributed by atoms with Crippen molar-refractivity contribution in [3.05, 3.63) is 17.5 Å². The number of β-amino-alcohol motifs (C(OH)–C–C–N with tert-alkyl or cyclic N) is 1. The minimum absolute atomic E-state index is 0.0880. The molecule has 2 heterocycles. The number of carbonyl (C=O) groups is 1. The van der Waals surface area contributed by atoms with Crippen LogP contribution < -0.4 is 0 Å². The zero-order valence-electron chi connectivity index (χ0n) is 12.8. The second kappa shape index (κ2) is 5.54. The Bertz CT molecular complexity index is 497. The Balaban J connectivity index is 2.07. The van der Waals surface area contributed by atoms with Gasteiger partial charge in [0.1, 0.15) is 0 Å². The number of aliphatic hydroxyl groups is 1. The first-order valence-electron chi connectivity index (χ1n) is 7.05. The highest BCUT2D eigenvalue weighted by atomic mass is 16.3. The van der Waals surface area contributed by atoms with Crippen LogP contribution in [0.1, 0.15) is 29.5 Å². The molecule has 1 atom stereocenters. The molecule has 0 aliphatic carbocycles. The zero-order chi connectivity index (χ0) is 14.9. The molecule has 6 heteroatoms. The average Bonchev–Trinajstić information content (AvgIpc) is 2.91. The molecule has 1 saturated heterocycles. The Labute approximate surface area is 120 Å². The molecule has 1 fully saturated rings. The number of hydrogen-bond acceptors (Lipinski definition) is 4. The number of aromatic nitrogens is 2. The van der Waals surface area contributed by atoms with Gasteiger partial charge in [-0.05, 0) is 40.4 Å². The Morgan fingerprint density at radius 2 is 2.25 bits per heavy atom. The van der Waals surface area contributed by atoms with Gasteiger partial charge in [0.15, 0.2) is 5.69 Å². The lowest BCUT2D eigenvalue weighted by molar-refractivity contribution is 0.0235. The van der Waals surface area contributed by atoms with Crippen LogP contribution in [0, 0.1) is 6.92 Å². The normalized spacial score (nSPS) is 22.8. The van der Waals surface area contributed by atoms with Crippen molar-refractivity contribution in [2.45, 2.75) is 32.4 Å². The summed E-state index contributed by atoms with van der Waals surface area (Å²) in [5.74, 6) is -0.0880. The van der Waals surface area contributed by atoms with Gasteiger partial charge >= 0.3 is 0 Å². The van der Waals surface area contributed by atoms with Crippen LogP contribution in [0.2, 0.25) is 0 Å². The Morgan fingerprint density at radius 1 is 1.55 bits per heavy atom. The standard InChI is InChI=1S/C14H24N4O2/c1-5-18-11(2)8-12(15-18)13(19)17-7-6-14(20,10-17)9-16(3)4/h8,20H,5-7,9-10H2,1-4H3/t14-/m1/s1. The van der Waals surface area contributed by atoms with Gasteiger partial charge in [-0.25, -0.2) is 0 Å². The number of amides is 1. The maximum atomic E-state index is 12.4. The van der Waals surface area contributed by atoms with Crippen molar-refractivity contribution in [1.29, 1.82) is 0 Å². The molecule has 0 spiro atoms. The van der Waals surface area contributed by atoms with E-state index < -0.39 is 5.60 Å². The number of nitrogens with zero attached hydrogens (tertiary/aromatic N) is 4. The average molecular weight is 280 g/mol. The fourth-order valence-electron chi connectivity index (χ4n) is 2.84. The largest absolute Gasteiger partial charge is 0.387 e. The molecular weight excluding hydrogens is 256 g/mol. The first-order chi connectivity index (χ1) is 9.34. The Morgan fingerprint density at radius 3 is 2.80 bits per heavy atom. The second-order valence-corrected chi connectivity index (χ2v) is 5.93. The molecule has 1 aliphatic rings. The van der Waals surface area contributed by atoms with Gasteiger partial charge < -0.3 is 14.9 Å². The van der Waals surface area contributed by atoms with Crippen molar-refractivity contribution in [3.63, 3.8) is 0 Å². The highest BCUT2D eigenvalue weighted by Crippen LogP contribution is 2.23. The summed E-state index contributed by atoms with van der Waals surface area (Å²) >= 11 is 0. The Kier molecular flexibility index (Phi) is 4.15. The highest BCUT2D eigenvalue weighted by molar-refractivity contribution is 5.92. The van der Waals surface area contributed by atoms with Gasteiger partial charge in [-0.1, -0.05) is 0 Å². The number of rotatable bonds is 4. The van der Waals surface area contributed by atoms with Gasteiger partial charge in [0.25, 0.3) is 5.91 Å². The van der Waals surface area contributed by atoms with Crippen molar-refractivity contribution in [2.75, 3.05) is 33.7 Å². The summed E-state index contributed by atoms with van der Waals surface area (Å²) in [6, 6.07) is 1.81. The van der Waals surface area contributed by atoms with Crippen LogP contribution in [0.5, 0.6) is 0 Å². The molecule has 2 rings (SSSR count). The van der Waals surface area contributed by atoms with E-state index in [1.165, 1.54) is 0 Å². The molecule has 0 saturated carbocycles. The molecule has 0 unspecified atom stereocenters. The van der Waals surface area contributed by atoms with Crippen molar-refractivity contribution < 1.29 is 9.90 Å². The molecule has 1 N–H and O–H groups in total. The molecule has 112 valence electrons. The summed E-state index contributed by atoms with van der Waals surface area (Å²) in [6.45, 7) is 6.23. The molecule has 0 radical (unpaired) electrons. The third-order valence-electron chi connectivity index (χ3n) is 3.73. The van der Waals surface area contributed by atoms with E-state index in [0.717, 1.165) is 12.2 Å². The highest BCUT2D eigenvalue weighted by Gasteiger charge is 2.39. The molecule has 1 amide bonds. The molecule has 1 aliphatic heterocycles. The topological polar surface area (TPSA) is 61.6 Å². The van der Waals surface area contributed by atoms with E-state index in [0.29, 0.717) is 31.7 Å². The van der Waals surface area contributed by atoms with Gasteiger partial charge in [0.05, 0.1) is 12.1 Å². The van der Waals surface area contributed by atoms with Gasteiger partial charge in [-0.15, -0.1) is 0 Å². The van der Waals surface area contributed by atoms with Gasteiger partial charge in [0.2, 0.25) is 0 Å². The third kappa shape index (κ3) is 3.02. The first-order valence-corrected chi connectivity index (χ1v) is 7.05. The van der Waals surface area contributed by atoms with E-state index in [4.69, 9.17) is 0 Å². The minimum Gasteiger partial charge on any atom is -0.387 e. The number of hydrogen-bond donors (Lipinski definition) is 1. The zero-order valence-corrected chi connectivity index (χ0v) is 12.8. The van der Waals surface area contributed by atoms with Crippen LogP contribution in [0.3, 0.4) is 0 Å². The number of carbonyl (C=O) groups excluding carboxylic acids is 1. The fraction of sp³-hybridized carbons (Fsp3) is 0.714. The maximum Gasteiger partial charge on any atom is 0.274 e. The van der Waals surface area contributed by atoms with E-state index in [9.17, 15) is 9.90 Å². The number of aryl methyl sites for hydroxylation is 2. The molecule has 6 nitrogen and oxygen atoms in total. The van der Waals surface area contributed by atoms with E-state index in [2.05, 4.69) is 5.10 Å². The lowest BCUT2D eigenvalue weighted by atomic mass is 10.0. The van der Waals surface area contributed by atoms with E-state index >= 15 is 0 Å². The Hall–Kier alpha value is -1.40. The number of likely N-dealkylation sites (tertiary alicyclic amines) is 1. The minimum atomic E-state index is -0.804. The fourth-order valence-corrected chi connectivity index (χ4v) is 2.84. The summed E-state index contributed by atoms with van der Waals surface area (Å²) in [5, 5.41) is 14.8. The van der Waals surface area contributed by atoms with Crippen LogP contribution in [0.15, 0.2) is 6.07 Å². The molecule has 1 aromatic heterocycles. The molecule has 1 aromatic rings. The van der Waals surface area contributed by atoms with Crippen molar-refractivity contribution in [2.24, 2.45) is 0 Å². The SMILES string of the molecule is CCn1nc(C(=O)N2CC[C@@](O)(CN(C)C)C2)cc1C. The quantitative estimate of drug-likeness (QED) is 0.864. The van der Waals surface area contributed by atoms with Crippen molar-refractivity contribution in [3.8, 4) is 0 Å².